The Morgan fingerprint density at radius 3 is 2.81 bits per heavy atom. The van der Waals surface area contributed by atoms with Crippen LogP contribution in [0.2, 0.25) is 0 Å². The number of hydrogen-bond donors (Lipinski definition) is 3. The first-order valence-corrected chi connectivity index (χ1v) is 6.79. The Labute approximate surface area is 121 Å². The molecule has 0 aliphatic rings. The molecule has 2 heterocycles. The lowest BCUT2D eigenvalue weighted by Crippen LogP contribution is -2.26. The number of aromatic nitrogens is 4. The Morgan fingerprint density at radius 1 is 1.38 bits per heavy atom. The molecule has 21 heavy (non-hydrogen) atoms. The molecule has 3 N–H and O–H groups in total. The quantitative estimate of drug-likeness (QED) is 0.671. The van der Waals surface area contributed by atoms with E-state index in [0.29, 0.717) is 31.6 Å². The van der Waals surface area contributed by atoms with E-state index in [1.54, 1.807) is 0 Å². The van der Waals surface area contributed by atoms with Crippen LogP contribution in [-0.4, -0.2) is 37.9 Å². The lowest BCUT2D eigenvalue weighted by Gasteiger charge is -2.03. The van der Waals surface area contributed by atoms with Crippen LogP contribution >= 0.6 is 0 Å². The third kappa shape index (κ3) is 4.12. The van der Waals surface area contributed by atoms with Crippen molar-refractivity contribution < 1.29 is 14.4 Å². The molecular weight excluding hydrogens is 274 g/mol. The highest BCUT2D eigenvalue weighted by Gasteiger charge is 2.09. The van der Waals surface area contributed by atoms with Crippen molar-refractivity contribution in [3.63, 3.8) is 0 Å². The van der Waals surface area contributed by atoms with E-state index < -0.39 is 0 Å². The fraction of sp³-hybridized carbons (Fsp3) is 0.538. The van der Waals surface area contributed by atoms with Gasteiger partial charge in [-0.15, -0.1) is 0 Å². The number of amides is 1. The summed E-state index contributed by atoms with van der Waals surface area (Å²) >= 11 is 0. The van der Waals surface area contributed by atoms with Gasteiger partial charge in [0.15, 0.2) is 5.82 Å². The van der Waals surface area contributed by atoms with Gasteiger partial charge in [-0.2, -0.15) is 10.1 Å². The third-order valence-corrected chi connectivity index (χ3v) is 3.26. The van der Waals surface area contributed by atoms with Crippen LogP contribution in [0.15, 0.2) is 4.52 Å². The largest absolute Gasteiger partial charge is 0.387 e. The summed E-state index contributed by atoms with van der Waals surface area (Å²) in [6.45, 7) is 4.10. The zero-order valence-electron chi connectivity index (χ0n) is 12.1. The Kier molecular flexibility index (Phi) is 5.04. The maximum atomic E-state index is 11.7. The Balaban J connectivity index is 1.69. The van der Waals surface area contributed by atoms with Gasteiger partial charge in [0.05, 0.1) is 5.69 Å². The number of carbonyl (C=O) groups is 1. The molecular formula is C13H19N5O3. The number of aromatic amines is 1. The molecule has 0 saturated carbocycles. The highest BCUT2D eigenvalue weighted by atomic mass is 16.5. The molecule has 0 bridgehead atoms. The van der Waals surface area contributed by atoms with E-state index in [9.17, 15) is 4.79 Å². The molecule has 2 rings (SSSR count). The average Bonchev–Trinajstić information content (AvgIpc) is 3.05. The topological polar surface area (TPSA) is 117 Å². The Morgan fingerprint density at radius 2 is 2.19 bits per heavy atom. The molecule has 0 unspecified atom stereocenters. The second-order valence-electron chi connectivity index (χ2n) is 4.78. The van der Waals surface area contributed by atoms with Crippen molar-refractivity contribution >= 4 is 5.91 Å². The molecule has 0 radical (unpaired) electrons. The van der Waals surface area contributed by atoms with E-state index in [-0.39, 0.29) is 18.4 Å². The number of aryl methyl sites for hydroxylation is 2. The number of aliphatic hydroxyl groups excluding tert-OH is 1. The van der Waals surface area contributed by atoms with Crippen LogP contribution in [0.4, 0.5) is 0 Å². The van der Waals surface area contributed by atoms with Crippen molar-refractivity contribution in [3.05, 3.63) is 28.7 Å². The maximum Gasteiger partial charge on any atom is 0.252 e. The Bertz CT molecular complexity index is 605. The molecule has 0 aromatic carbocycles. The summed E-state index contributed by atoms with van der Waals surface area (Å²) < 4.78 is 4.76. The van der Waals surface area contributed by atoms with Crippen molar-refractivity contribution in [2.75, 3.05) is 6.54 Å². The molecule has 114 valence electrons. The minimum absolute atomic E-state index is 0.0408. The van der Waals surface area contributed by atoms with E-state index in [4.69, 9.17) is 9.63 Å². The van der Waals surface area contributed by atoms with Gasteiger partial charge in [0.25, 0.3) is 5.89 Å². The highest BCUT2D eigenvalue weighted by Crippen LogP contribution is 2.10. The summed E-state index contributed by atoms with van der Waals surface area (Å²) in [5, 5.41) is 22.3. The van der Waals surface area contributed by atoms with Gasteiger partial charge in [-0.1, -0.05) is 5.16 Å². The Hall–Kier alpha value is -2.22. The summed E-state index contributed by atoms with van der Waals surface area (Å²) in [5.41, 5.74) is 3.06. The van der Waals surface area contributed by atoms with Gasteiger partial charge in [0.2, 0.25) is 5.91 Å². The zero-order valence-corrected chi connectivity index (χ0v) is 12.1. The fourth-order valence-electron chi connectivity index (χ4n) is 1.87. The summed E-state index contributed by atoms with van der Waals surface area (Å²) in [6, 6.07) is 0. The lowest BCUT2D eigenvalue weighted by molar-refractivity contribution is -0.121. The SMILES string of the molecule is Cc1[nH]nc(CCC(=O)NCCc2noc(CO)n2)c1C. The van der Waals surface area contributed by atoms with Crippen LogP contribution in [0.1, 0.15) is 35.1 Å². The minimum Gasteiger partial charge on any atom is -0.387 e. The molecule has 0 fully saturated rings. The van der Waals surface area contributed by atoms with Gasteiger partial charge < -0.3 is 14.9 Å². The standard InChI is InChI=1S/C13H19N5O3/c1-8-9(2)16-17-10(8)3-4-12(20)14-6-5-11-15-13(7-19)21-18-11/h19H,3-7H2,1-2H3,(H,14,20)(H,16,17). The molecule has 0 atom stereocenters. The minimum atomic E-state index is -0.276. The van der Waals surface area contributed by atoms with E-state index >= 15 is 0 Å². The van der Waals surface area contributed by atoms with Crippen molar-refractivity contribution in [2.45, 2.75) is 39.7 Å². The van der Waals surface area contributed by atoms with E-state index in [0.717, 1.165) is 17.0 Å². The monoisotopic (exact) mass is 293 g/mol. The predicted octanol–water partition coefficient (Wildman–Crippen LogP) is 0.193. The number of hydrogen-bond acceptors (Lipinski definition) is 6. The molecule has 2 aromatic heterocycles. The molecule has 0 saturated heterocycles. The molecule has 8 nitrogen and oxygen atoms in total. The van der Waals surface area contributed by atoms with Gasteiger partial charge in [-0.3, -0.25) is 9.89 Å². The van der Waals surface area contributed by atoms with E-state index in [1.807, 2.05) is 13.8 Å². The second kappa shape index (κ2) is 6.98. The van der Waals surface area contributed by atoms with Crippen molar-refractivity contribution in [1.29, 1.82) is 0 Å². The molecule has 2 aromatic rings. The summed E-state index contributed by atoms with van der Waals surface area (Å²) in [5.74, 6) is 0.611. The van der Waals surface area contributed by atoms with Gasteiger partial charge in [-0.25, -0.2) is 0 Å². The molecule has 0 aliphatic carbocycles. The smallest absolute Gasteiger partial charge is 0.252 e. The summed E-state index contributed by atoms with van der Waals surface area (Å²) in [6.07, 6.45) is 1.47. The van der Waals surface area contributed by atoms with Crippen LogP contribution in [0, 0.1) is 13.8 Å². The second-order valence-corrected chi connectivity index (χ2v) is 4.78. The van der Waals surface area contributed by atoms with Crippen LogP contribution in [0.5, 0.6) is 0 Å². The number of carbonyl (C=O) groups excluding carboxylic acids is 1. The maximum absolute atomic E-state index is 11.7. The van der Waals surface area contributed by atoms with Crippen molar-refractivity contribution in [1.82, 2.24) is 25.7 Å². The fourth-order valence-corrected chi connectivity index (χ4v) is 1.87. The number of nitrogens with zero attached hydrogens (tertiary/aromatic N) is 3. The normalized spacial score (nSPS) is 10.8. The number of H-pyrrole nitrogens is 1. The highest BCUT2D eigenvalue weighted by molar-refractivity contribution is 5.76. The van der Waals surface area contributed by atoms with E-state index in [1.165, 1.54) is 0 Å². The van der Waals surface area contributed by atoms with Gasteiger partial charge in [0, 0.05) is 31.5 Å². The van der Waals surface area contributed by atoms with Crippen LogP contribution < -0.4 is 5.32 Å². The van der Waals surface area contributed by atoms with Gasteiger partial charge >= 0.3 is 0 Å². The predicted molar refractivity (Wildman–Crippen MR) is 73.3 cm³/mol. The number of rotatable bonds is 7. The van der Waals surface area contributed by atoms with Gasteiger partial charge in [-0.05, 0) is 19.4 Å². The van der Waals surface area contributed by atoms with E-state index in [2.05, 4.69) is 25.7 Å². The molecule has 1 amide bonds. The lowest BCUT2D eigenvalue weighted by atomic mass is 10.1. The first-order valence-electron chi connectivity index (χ1n) is 6.79. The number of aliphatic hydroxyl groups is 1. The van der Waals surface area contributed by atoms with Crippen LogP contribution in [0.25, 0.3) is 0 Å². The summed E-state index contributed by atoms with van der Waals surface area (Å²) in [7, 11) is 0. The summed E-state index contributed by atoms with van der Waals surface area (Å²) in [4.78, 5) is 15.7. The molecule has 8 heteroatoms. The first-order chi connectivity index (χ1) is 10.1. The number of nitrogens with one attached hydrogen (secondary N) is 2. The third-order valence-electron chi connectivity index (χ3n) is 3.26. The average molecular weight is 293 g/mol. The molecule has 0 spiro atoms. The molecule has 0 aliphatic heterocycles. The van der Waals surface area contributed by atoms with Crippen molar-refractivity contribution in [3.8, 4) is 0 Å². The first kappa shape index (κ1) is 15.2. The zero-order chi connectivity index (χ0) is 15.2. The van der Waals surface area contributed by atoms with Crippen molar-refractivity contribution in [2.24, 2.45) is 0 Å². The van der Waals surface area contributed by atoms with Crippen LogP contribution in [0.3, 0.4) is 0 Å². The van der Waals surface area contributed by atoms with Gasteiger partial charge in [0.1, 0.15) is 6.61 Å². The van der Waals surface area contributed by atoms with Crippen LogP contribution in [-0.2, 0) is 24.2 Å².